The molecule has 0 atom stereocenters. The van der Waals surface area contributed by atoms with Crippen molar-refractivity contribution in [2.75, 3.05) is 11.9 Å². The molecule has 0 fully saturated rings. The first-order chi connectivity index (χ1) is 8.57. The number of anilines is 1. The van der Waals surface area contributed by atoms with Crippen molar-refractivity contribution >= 4 is 5.95 Å². The molecule has 2 aromatic rings. The van der Waals surface area contributed by atoms with Crippen molar-refractivity contribution in [2.24, 2.45) is 5.41 Å². The average molecular weight is 244 g/mol. The Morgan fingerprint density at radius 2 is 2.06 bits per heavy atom. The molecule has 0 radical (unpaired) electrons. The number of aromatic hydroxyl groups is 1. The predicted molar refractivity (Wildman–Crippen MR) is 69.4 cm³/mol. The highest BCUT2D eigenvalue weighted by molar-refractivity contribution is 5.65. The summed E-state index contributed by atoms with van der Waals surface area (Å²) < 4.78 is 2.03. The summed E-state index contributed by atoms with van der Waals surface area (Å²) in [6.07, 6.45) is 0. The van der Waals surface area contributed by atoms with E-state index in [1.807, 2.05) is 16.7 Å². The molecule has 0 spiro atoms. The van der Waals surface area contributed by atoms with Crippen LogP contribution in [-0.2, 0) is 6.54 Å². The van der Waals surface area contributed by atoms with Crippen molar-refractivity contribution in [1.82, 2.24) is 14.8 Å². The molecule has 0 saturated carbocycles. The molecule has 0 unspecified atom stereocenters. The lowest BCUT2D eigenvalue weighted by Crippen LogP contribution is -2.34. The van der Waals surface area contributed by atoms with Gasteiger partial charge in [-0.05, 0) is 12.1 Å². The number of hydrogen-bond acceptors (Lipinski definition) is 4. The van der Waals surface area contributed by atoms with Gasteiger partial charge in [0.05, 0.1) is 5.56 Å². The molecule has 2 N–H and O–H groups in total. The van der Waals surface area contributed by atoms with Gasteiger partial charge in [0.1, 0.15) is 5.75 Å². The molecule has 0 bridgehead atoms. The van der Waals surface area contributed by atoms with Crippen LogP contribution in [0, 0.1) is 5.41 Å². The van der Waals surface area contributed by atoms with Crippen LogP contribution in [0.1, 0.15) is 13.8 Å². The van der Waals surface area contributed by atoms with Crippen molar-refractivity contribution in [3.05, 3.63) is 24.3 Å². The van der Waals surface area contributed by atoms with Crippen molar-refractivity contribution in [3.63, 3.8) is 0 Å². The molecule has 0 saturated heterocycles. The Morgan fingerprint density at radius 1 is 1.28 bits per heavy atom. The van der Waals surface area contributed by atoms with Gasteiger partial charge in [-0.25, -0.2) is 0 Å². The number of nitrogens with one attached hydrogen (secondary N) is 1. The number of phenols is 1. The first-order valence-electron chi connectivity index (χ1n) is 6.02. The second kappa shape index (κ2) is 3.73. The second-order valence-corrected chi connectivity index (χ2v) is 5.47. The lowest BCUT2D eigenvalue weighted by molar-refractivity contribution is 0.311. The minimum absolute atomic E-state index is 0.147. The highest BCUT2D eigenvalue weighted by atomic mass is 16.3. The molecule has 1 aliphatic rings. The number of benzene rings is 1. The molecule has 0 amide bonds. The van der Waals surface area contributed by atoms with Crippen LogP contribution in [0.2, 0.25) is 0 Å². The second-order valence-electron chi connectivity index (χ2n) is 5.47. The number of fused-ring (bicyclic) bond motifs is 1. The normalized spacial score (nSPS) is 17.0. The molecule has 94 valence electrons. The number of phenolic OH excluding ortho intramolecular Hbond substituents is 1. The molecule has 5 nitrogen and oxygen atoms in total. The van der Waals surface area contributed by atoms with Gasteiger partial charge in [0.15, 0.2) is 5.82 Å². The summed E-state index contributed by atoms with van der Waals surface area (Å²) in [5.74, 6) is 1.71. The minimum Gasteiger partial charge on any atom is -0.507 e. The zero-order valence-corrected chi connectivity index (χ0v) is 10.5. The largest absolute Gasteiger partial charge is 0.507 e. The maximum absolute atomic E-state index is 9.91. The van der Waals surface area contributed by atoms with E-state index in [1.165, 1.54) is 0 Å². The number of para-hydroxylation sites is 1. The molecule has 1 aliphatic heterocycles. The summed E-state index contributed by atoms with van der Waals surface area (Å²) in [5.41, 5.74) is 0.866. The lowest BCUT2D eigenvalue weighted by Gasteiger charge is -2.31. The Kier molecular flexibility index (Phi) is 2.29. The number of nitrogens with zero attached hydrogens (tertiary/aromatic N) is 3. The van der Waals surface area contributed by atoms with Crippen molar-refractivity contribution in [2.45, 2.75) is 20.4 Å². The van der Waals surface area contributed by atoms with E-state index in [4.69, 9.17) is 0 Å². The number of aromatic nitrogens is 3. The van der Waals surface area contributed by atoms with E-state index in [1.54, 1.807) is 12.1 Å². The summed E-state index contributed by atoms with van der Waals surface area (Å²) in [6.45, 7) is 6.10. The van der Waals surface area contributed by atoms with Crippen LogP contribution < -0.4 is 5.32 Å². The van der Waals surface area contributed by atoms with Crippen molar-refractivity contribution < 1.29 is 5.11 Å². The Balaban J connectivity index is 2.11. The Labute approximate surface area is 105 Å². The first kappa shape index (κ1) is 11.1. The zero-order valence-electron chi connectivity index (χ0n) is 10.5. The maximum Gasteiger partial charge on any atom is 0.224 e. The molecule has 1 aromatic carbocycles. The number of hydrogen-bond donors (Lipinski definition) is 2. The highest BCUT2D eigenvalue weighted by Crippen LogP contribution is 2.33. The molecule has 1 aromatic heterocycles. The SMILES string of the molecule is CC1(C)CNc2nnc(-c3ccccc3O)n2C1. The van der Waals surface area contributed by atoms with Gasteiger partial charge < -0.3 is 10.4 Å². The van der Waals surface area contributed by atoms with E-state index < -0.39 is 0 Å². The van der Waals surface area contributed by atoms with E-state index in [9.17, 15) is 5.11 Å². The highest BCUT2D eigenvalue weighted by Gasteiger charge is 2.28. The summed E-state index contributed by atoms with van der Waals surface area (Å²) in [5, 5.41) is 21.5. The monoisotopic (exact) mass is 244 g/mol. The zero-order chi connectivity index (χ0) is 12.8. The van der Waals surface area contributed by atoms with Gasteiger partial charge in [-0.1, -0.05) is 26.0 Å². The van der Waals surface area contributed by atoms with Crippen LogP contribution in [0.3, 0.4) is 0 Å². The van der Waals surface area contributed by atoms with Crippen LogP contribution in [0.5, 0.6) is 5.75 Å². The fraction of sp³-hybridized carbons (Fsp3) is 0.385. The van der Waals surface area contributed by atoms with Crippen LogP contribution in [0.15, 0.2) is 24.3 Å². The lowest BCUT2D eigenvalue weighted by atomic mass is 9.92. The van der Waals surface area contributed by atoms with Gasteiger partial charge in [0, 0.05) is 18.5 Å². The average Bonchev–Trinajstić information content (AvgIpc) is 2.71. The quantitative estimate of drug-likeness (QED) is 0.806. The molecule has 2 heterocycles. The van der Waals surface area contributed by atoms with E-state index >= 15 is 0 Å². The topological polar surface area (TPSA) is 63.0 Å². The van der Waals surface area contributed by atoms with Gasteiger partial charge in [0.25, 0.3) is 0 Å². The third kappa shape index (κ3) is 1.72. The van der Waals surface area contributed by atoms with Gasteiger partial charge in [-0.15, -0.1) is 10.2 Å². The molecular formula is C13H16N4O. The third-order valence-electron chi connectivity index (χ3n) is 3.21. The van der Waals surface area contributed by atoms with Gasteiger partial charge in [0.2, 0.25) is 5.95 Å². The summed E-state index contributed by atoms with van der Waals surface area (Å²) >= 11 is 0. The maximum atomic E-state index is 9.91. The van der Waals surface area contributed by atoms with E-state index in [0.29, 0.717) is 5.82 Å². The van der Waals surface area contributed by atoms with E-state index in [2.05, 4.69) is 29.4 Å². The van der Waals surface area contributed by atoms with Crippen molar-refractivity contribution in [3.8, 4) is 17.1 Å². The third-order valence-corrected chi connectivity index (χ3v) is 3.21. The van der Waals surface area contributed by atoms with Crippen LogP contribution in [0.4, 0.5) is 5.95 Å². The predicted octanol–water partition coefficient (Wildman–Crippen LogP) is 2.10. The van der Waals surface area contributed by atoms with Gasteiger partial charge in [-0.2, -0.15) is 0 Å². The minimum atomic E-state index is 0.147. The Bertz CT molecular complexity index is 588. The van der Waals surface area contributed by atoms with Crippen LogP contribution in [0.25, 0.3) is 11.4 Å². The van der Waals surface area contributed by atoms with Crippen LogP contribution >= 0.6 is 0 Å². The molecule has 5 heteroatoms. The molecule has 3 rings (SSSR count). The van der Waals surface area contributed by atoms with Crippen LogP contribution in [-0.4, -0.2) is 26.4 Å². The standard InChI is InChI=1S/C13H16N4O/c1-13(2)7-14-12-16-15-11(17(12)8-13)9-5-3-4-6-10(9)18/h3-6,18H,7-8H2,1-2H3,(H,14,16). The summed E-state index contributed by atoms with van der Waals surface area (Å²) in [4.78, 5) is 0. The number of rotatable bonds is 1. The smallest absolute Gasteiger partial charge is 0.224 e. The molecule has 0 aliphatic carbocycles. The summed E-state index contributed by atoms with van der Waals surface area (Å²) in [7, 11) is 0. The summed E-state index contributed by atoms with van der Waals surface area (Å²) in [6, 6.07) is 7.21. The Hall–Kier alpha value is -2.04. The fourth-order valence-corrected chi connectivity index (χ4v) is 2.25. The van der Waals surface area contributed by atoms with Gasteiger partial charge in [-0.3, -0.25) is 4.57 Å². The van der Waals surface area contributed by atoms with Crippen molar-refractivity contribution in [1.29, 1.82) is 0 Å². The van der Waals surface area contributed by atoms with E-state index in [-0.39, 0.29) is 11.2 Å². The first-order valence-corrected chi connectivity index (χ1v) is 6.02. The fourth-order valence-electron chi connectivity index (χ4n) is 2.25. The van der Waals surface area contributed by atoms with Gasteiger partial charge >= 0.3 is 0 Å². The Morgan fingerprint density at radius 3 is 2.83 bits per heavy atom. The van der Waals surface area contributed by atoms with E-state index in [0.717, 1.165) is 24.6 Å². The molecule has 18 heavy (non-hydrogen) atoms. The molecular weight excluding hydrogens is 228 g/mol.